The molecule has 3 rings (SSSR count). The molecule has 0 bridgehead atoms. The highest BCUT2D eigenvalue weighted by Gasteiger charge is 2.22. The molecule has 1 fully saturated rings. The Morgan fingerprint density at radius 1 is 1.05 bits per heavy atom. The number of ether oxygens (including phenoxy) is 1. The van der Waals surface area contributed by atoms with Gasteiger partial charge in [-0.3, -0.25) is 0 Å². The van der Waals surface area contributed by atoms with Crippen molar-refractivity contribution in [2.45, 2.75) is 51.0 Å². The maximum atomic E-state index is 5.28. The van der Waals surface area contributed by atoms with Crippen molar-refractivity contribution in [2.24, 2.45) is 0 Å². The predicted molar refractivity (Wildman–Crippen MR) is 67.9 cm³/mol. The standard InChI is InChI=1S/C13H18N4O3/c1-18-8-10-14-11(19-16-10)6-7-12-15-13(17-20-12)9-4-2-3-5-9/h9H,2-8H2,1H3. The lowest BCUT2D eigenvalue weighted by atomic mass is 10.1. The molecule has 1 aliphatic carbocycles. The van der Waals surface area contributed by atoms with Crippen molar-refractivity contribution in [1.82, 2.24) is 20.3 Å². The topological polar surface area (TPSA) is 87.1 Å². The number of hydrogen-bond acceptors (Lipinski definition) is 7. The smallest absolute Gasteiger partial charge is 0.227 e. The minimum atomic E-state index is 0.357. The van der Waals surface area contributed by atoms with Crippen LogP contribution in [0.1, 0.15) is 55.0 Å². The molecule has 7 nitrogen and oxygen atoms in total. The highest BCUT2D eigenvalue weighted by atomic mass is 16.5. The number of rotatable bonds is 6. The van der Waals surface area contributed by atoms with Gasteiger partial charge >= 0.3 is 0 Å². The van der Waals surface area contributed by atoms with Crippen LogP contribution in [0.3, 0.4) is 0 Å². The van der Waals surface area contributed by atoms with E-state index in [-0.39, 0.29) is 0 Å². The van der Waals surface area contributed by atoms with Gasteiger partial charge in [0.15, 0.2) is 11.6 Å². The Balaban J connectivity index is 1.54. The van der Waals surface area contributed by atoms with Gasteiger partial charge in [0.25, 0.3) is 0 Å². The lowest BCUT2D eigenvalue weighted by Gasteiger charge is -1.99. The fraction of sp³-hybridized carbons (Fsp3) is 0.692. The van der Waals surface area contributed by atoms with E-state index < -0.39 is 0 Å². The molecule has 0 aliphatic heterocycles. The van der Waals surface area contributed by atoms with Crippen LogP contribution in [0.15, 0.2) is 9.05 Å². The zero-order valence-corrected chi connectivity index (χ0v) is 11.5. The van der Waals surface area contributed by atoms with Gasteiger partial charge in [-0.1, -0.05) is 23.2 Å². The molecule has 2 aromatic heterocycles. The van der Waals surface area contributed by atoms with E-state index in [9.17, 15) is 0 Å². The van der Waals surface area contributed by atoms with Crippen molar-refractivity contribution >= 4 is 0 Å². The normalized spacial score (nSPS) is 16.1. The second kappa shape index (κ2) is 6.13. The Morgan fingerprint density at radius 3 is 2.50 bits per heavy atom. The second-order valence-electron chi connectivity index (χ2n) is 5.07. The predicted octanol–water partition coefficient (Wildman–Crippen LogP) is 2.04. The molecule has 0 unspecified atom stereocenters. The maximum absolute atomic E-state index is 5.28. The van der Waals surface area contributed by atoms with E-state index in [4.69, 9.17) is 13.8 Å². The van der Waals surface area contributed by atoms with Crippen molar-refractivity contribution in [1.29, 1.82) is 0 Å². The third-order valence-electron chi connectivity index (χ3n) is 3.54. The lowest BCUT2D eigenvalue weighted by molar-refractivity contribution is 0.174. The summed E-state index contributed by atoms with van der Waals surface area (Å²) in [6, 6.07) is 0. The highest BCUT2D eigenvalue weighted by Crippen LogP contribution is 2.32. The van der Waals surface area contributed by atoms with Crippen LogP contribution < -0.4 is 0 Å². The molecule has 0 saturated heterocycles. The monoisotopic (exact) mass is 278 g/mol. The summed E-state index contributed by atoms with van der Waals surface area (Å²) in [4.78, 5) is 8.66. The molecule has 0 atom stereocenters. The van der Waals surface area contributed by atoms with Crippen LogP contribution in [0.25, 0.3) is 0 Å². The van der Waals surface area contributed by atoms with Crippen LogP contribution in [0.5, 0.6) is 0 Å². The van der Waals surface area contributed by atoms with Crippen LogP contribution in [0, 0.1) is 0 Å². The van der Waals surface area contributed by atoms with Crippen LogP contribution in [-0.2, 0) is 24.2 Å². The summed E-state index contributed by atoms with van der Waals surface area (Å²) in [5.74, 6) is 3.09. The Labute approximate surface area is 116 Å². The van der Waals surface area contributed by atoms with Crippen LogP contribution in [-0.4, -0.2) is 27.4 Å². The quantitative estimate of drug-likeness (QED) is 0.799. The molecule has 0 amide bonds. The van der Waals surface area contributed by atoms with Crippen LogP contribution >= 0.6 is 0 Å². The molecule has 108 valence electrons. The third kappa shape index (κ3) is 3.04. The zero-order valence-electron chi connectivity index (χ0n) is 11.5. The van der Waals surface area contributed by atoms with E-state index in [1.165, 1.54) is 25.7 Å². The van der Waals surface area contributed by atoms with Crippen molar-refractivity contribution in [3.05, 3.63) is 23.4 Å². The first-order valence-corrected chi connectivity index (χ1v) is 6.98. The van der Waals surface area contributed by atoms with Crippen molar-refractivity contribution in [3.63, 3.8) is 0 Å². The summed E-state index contributed by atoms with van der Waals surface area (Å²) in [6.45, 7) is 0.357. The highest BCUT2D eigenvalue weighted by molar-refractivity contribution is 4.98. The van der Waals surface area contributed by atoms with E-state index in [0.717, 1.165) is 5.82 Å². The van der Waals surface area contributed by atoms with Gasteiger partial charge in [0.05, 0.1) is 0 Å². The largest absolute Gasteiger partial charge is 0.377 e. The van der Waals surface area contributed by atoms with Crippen LogP contribution in [0.2, 0.25) is 0 Å². The van der Waals surface area contributed by atoms with Gasteiger partial charge in [0, 0.05) is 25.9 Å². The molecule has 0 radical (unpaired) electrons. The number of aryl methyl sites for hydroxylation is 2. The van der Waals surface area contributed by atoms with Gasteiger partial charge in [-0.15, -0.1) is 0 Å². The number of nitrogens with zero attached hydrogens (tertiary/aromatic N) is 4. The summed E-state index contributed by atoms with van der Waals surface area (Å²) in [6.07, 6.45) is 6.08. The number of methoxy groups -OCH3 is 1. The van der Waals surface area contributed by atoms with E-state index in [1.807, 2.05) is 0 Å². The van der Waals surface area contributed by atoms with Gasteiger partial charge in [-0.05, 0) is 12.8 Å². The molecule has 0 spiro atoms. The van der Waals surface area contributed by atoms with Gasteiger partial charge in [0.2, 0.25) is 11.8 Å². The van der Waals surface area contributed by atoms with E-state index >= 15 is 0 Å². The summed E-state index contributed by atoms with van der Waals surface area (Å²) in [5, 5.41) is 7.88. The number of hydrogen-bond donors (Lipinski definition) is 0. The molecule has 0 aromatic carbocycles. The summed E-state index contributed by atoms with van der Waals surface area (Å²) < 4.78 is 15.3. The molecule has 1 saturated carbocycles. The van der Waals surface area contributed by atoms with Crippen LogP contribution in [0.4, 0.5) is 0 Å². The molecule has 0 N–H and O–H groups in total. The summed E-state index contributed by atoms with van der Waals surface area (Å²) in [5.41, 5.74) is 0. The first kappa shape index (κ1) is 13.2. The van der Waals surface area contributed by atoms with E-state index in [0.29, 0.717) is 43.0 Å². The zero-order chi connectivity index (χ0) is 13.8. The third-order valence-corrected chi connectivity index (χ3v) is 3.54. The Kier molecular flexibility index (Phi) is 4.05. The molecular formula is C13H18N4O3. The molecular weight excluding hydrogens is 260 g/mol. The molecule has 2 aromatic rings. The number of aromatic nitrogens is 4. The Morgan fingerprint density at radius 2 is 1.75 bits per heavy atom. The van der Waals surface area contributed by atoms with Gasteiger partial charge in [-0.25, -0.2) is 0 Å². The first-order chi connectivity index (χ1) is 9.85. The van der Waals surface area contributed by atoms with Crippen molar-refractivity contribution < 1.29 is 13.8 Å². The fourth-order valence-electron chi connectivity index (χ4n) is 2.51. The molecule has 20 heavy (non-hydrogen) atoms. The summed E-state index contributed by atoms with van der Waals surface area (Å²) in [7, 11) is 1.60. The maximum Gasteiger partial charge on any atom is 0.227 e. The molecule has 1 aliphatic rings. The average molecular weight is 278 g/mol. The SMILES string of the molecule is COCc1noc(CCc2nc(C3CCCC3)no2)n1. The second-order valence-corrected chi connectivity index (χ2v) is 5.07. The van der Waals surface area contributed by atoms with Gasteiger partial charge in [-0.2, -0.15) is 9.97 Å². The van der Waals surface area contributed by atoms with Gasteiger partial charge < -0.3 is 13.8 Å². The minimum Gasteiger partial charge on any atom is -0.377 e. The molecule has 7 heteroatoms. The van der Waals surface area contributed by atoms with E-state index in [1.54, 1.807) is 7.11 Å². The van der Waals surface area contributed by atoms with Gasteiger partial charge in [0.1, 0.15) is 6.61 Å². The average Bonchev–Trinajstić information content (AvgIpc) is 3.18. The molecule has 2 heterocycles. The Bertz CT molecular complexity index is 545. The first-order valence-electron chi connectivity index (χ1n) is 6.98. The fourth-order valence-corrected chi connectivity index (χ4v) is 2.51. The minimum absolute atomic E-state index is 0.357. The van der Waals surface area contributed by atoms with Crippen molar-refractivity contribution in [3.8, 4) is 0 Å². The van der Waals surface area contributed by atoms with Crippen molar-refractivity contribution in [2.75, 3.05) is 7.11 Å². The Hall–Kier alpha value is -1.76. The lowest BCUT2D eigenvalue weighted by Crippen LogP contribution is -1.97. The summed E-state index contributed by atoms with van der Waals surface area (Å²) >= 11 is 0. The van der Waals surface area contributed by atoms with E-state index in [2.05, 4.69) is 20.3 Å².